The van der Waals surface area contributed by atoms with Crippen molar-refractivity contribution in [3.63, 3.8) is 0 Å². The molecule has 0 radical (unpaired) electrons. The number of hydrogen-bond donors (Lipinski definition) is 1. The maximum absolute atomic E-state index is 12.2. The van der Waals surface area contributed by atoms with Crippen LogP contribution < -0.4 is 10.2 Å². The van der Waals surface area contributed by atoms with Crippen molar-refractivity contribution in [3.8, 4) is 0 Å². The largest absolute Gasteiger partial charge is 0.368 e. The maximum Gasteiger partial charge on any atom is 0.223 e. The van der Waals surface area contributed by atoms with Crippen molar-refractivity contribution in [2.24, 2.45) is 0 Å². The predicted octanol–water partition coefficient (Wildman–Crippen LogP) is 2.42. The number of aryl methyl sites for hydroxylation is 1. The number of carbonyl (C=O) groups is 1. The van der Waals surface area contributed by atoms with Crippen molar-refractivity contribution in [1.29, 1.82) is 0 Å². The van der Waals surface area contributed by atoms with Crippen LogP contribution in [-0.2, 0) is 4.79 Å². The Bertz CT molecular complexity index is 467. The SMILES string of the molecule is CCCCNCCC(=O)N1CCN(c2cccc(C)c2)CC1. The number of unbranched alkanes of at least 4 members (excludes halogenated alkanes) is 1. The van der Waals surface area contributed by atoms with Crippen LogP contribution in [0.2, 0.25) is 0 Å². The smallest absolute Gasteiger partial charge is 0.223 e. The van der Waals surface area contributed by atoms with Crippen LogP contribution in [0, 0.1) is 6.92 Å². The van der Waals surface area contributed by atoms with Gasteiger partial charge in [0.25, 0.3) is 0 Å². The summed E-state index contributed by atoms with van der Waals surface area (Å²) in [6.45, 7) is 9.65. The Kier molecular flexibility index (Phi) is 6.72. The van der Waals surface area contributed by atoms with Crippen molar-refractivity contribution in [3.05, 3.63) is 29.8 Å². The van der Waals surface area contributed by atoms with Crippen LogP contribution >= 0.6 is 0 Å². The van der Waals surface area contributed by atoms with Crippen molar-refractivity contribution in [1.82, 2.24) is 10.2 Å². The van der Waals surface area contributed by atoms with Gasteiger partial charge in [0.15, 0.2) is 0 Å². The maximum atomic E-state index is 12.2. The molecule has 4 heteroatoms. The normalized spacial score (nSPS) is 15.2. The third-order valence-electron chi connectivity index (χ3n) is 4.22. The minimum Gasteiger partial charge on any atom is -0.368 e. The molecule has 4 nitrogen and oxygen atoms in total. The summed E-state index contributed by atoms with van der Waals surface area (Å²) in [7, 11) is 0. The highest BCUT2D eigenvalue weighted by atomic mass is 16.2. The van der Waals surface area contributed by atoms with E-state index in [0.717, 1.165) is 39.3 Å². The fourth-order valence-electron chi connectivity index (χ4n) is 2.82. The van der Waals surface area contributed by atoms with Gasteiger partial charge < -0.3 is 15.1 Å². The second kappa shape index (κ2) is 8.79. The third kappa shape index (κ3) is 5.02. The highest BCUT2D eigenvalue weighted by molar-refractivity contribution is 5.76. The molecule has 0 saturated carbocycles. The molecule has 0 aliphatic carbocycles. The van der Waals surface area contributed by atoms with E-state index in [1.54, 1.807) is 0 Å². The minimum absolute atomic E-state index is 0.285. The Hall–Kier alpha value is -1.55. The highest BCUT2D eigenvalue weighted by Gasteiger charge is 2.20. The van der Waals surface area contributed by atoms with E-state index in [1.165, 1.54) is 24.1 Å². The van der Waals surface area contributed by atoms with Gasteiger partial charge in [-0.1, -0.05) is 25.5 Å². The molecule has 1 heterocycles. The predicted molar refractivity (Wildman–Crippen MR) is 92.4 cm³/mol. The number of nitrogens with one attached hydrogen (secondary N) is 1. The van der Waals surface area contributed by atoms with Gasteiger partial charge in [0.05, 0.1) is 0 Å². The van der Waals surface area contributed by atoms with Crippen LogP contribution in [0.5, 0.6) is 0 Å². The number of piperazine rings is 1. The molecule has 122 valence electrons. The molecule has 1 amide bonds. The van der Waals surface area contributed by atoms with Gasteiger partial charge in [-0.2, -0.15) is 0 Å². The number of amides is 1. The quantitative estimate of drug-likeness (QED) is 0.786. The van der Waals surface area contributed by atoms with Gasteiger partial charge in [-0.25, -0.2) is 0 Å². The average Bonchev–Trinajstić information content (AvgIpc) is 2.54. The third-order valence-corrected chi connectivity index (χ3v) is 4.22. The van der Waals surface area contributed by atoms with Gasteiger partial charge in [-0.15, -0.1) is 0 Å². The zero-order valence-electron chi connectivity index (χ0n) is 14.0. The van der Waals surface area contributed by atoms with E-state index in [9.17, 15) is 4.79 Å². The lowest BCUT2D eigenvalue weighted by Gasteiger charge is -2.36. The van der Waals surface area contributed by atoms with E-state index < -0.39 is 0 Å². The van der Waals surface area contributed by atoms with Crippen LogP contribution in [-0.4, -0.2) is 50.1 Å². The topological polar surface area (TPSA) is 35.6 Å². The number of carbonyl (C=O) groups excluding carboxylic acids is 1. The summed E-state index contributed by atoms with van der Waals surface area (Å²) in [6, 6.07) is 8.59. The summed E-state index contributed by atoms with van der Waals surface area (Å²) in [5, 5.41) is 3.34. The Labute approximate surface area is 134 Å². The Balaban J connectivity index is 1.71. The first kappa shape index (κ1) is 16.8. The van der Waals surface area contributed by atoms with E-state index in [-0.39, 0.29) is 5.91 Å². The lowest BCUT2D eigenvalue weighted by atomic mass is 10.2. The molecule has 1 aliphatic heterocycles. The molecule has 0 aromatic heterocycles. The summed E-state index contributed by atoms with van der Waals surface area (Å²) in [5.41, 5.74) is 2.56. The molecule has 1 saturated heterocycles. The molecule has 0 unspecified atom stereocenters. The van der Waals surface area contributed by atoms with Gasteiger partial charge in [-0.05, 0) is 37.6 Å². The molecule has 0 spiro atoms. The molecule has 1 fully saturated rings. The lowest BCUT2D eigenvalue weighted by molar-refractivity contribution is -0.131. The fourth-order valence-corrected chi connectivity index (χ4v) is 2.82. The molecule has 1 N–H and O–H groups in total. The van der Waals surface area contributed by atoms with Crippen molar-refractivity contribution in [2.75, 3.05) is 44.2 Å². The molecular formula is C18H29N3O. The molecular weight excluding hydrogens is 274 g/mol. The molecule has 22 heavy (non-hydrogen) atoms. The molecule has 1 aromatic carbocycles. The van der Waals surface area contributed by atoms with Gasteiger partial charge in [-0.3, -0.25) is 4.79 Å². The standard InChI is InChI=1S/C18H29N3O/c1-3-4-9-19-10-8-18(22)21-13-11-20(12-14-21)17-7-5-6-16(2)15-17/h5-7,15,19H,3-4,8-14H2,1-2H3. The van der Waals surface area contributed by atoms with Crippen LogP contribution in [0.15, 0.2) is 24.3 Å². The van der Waals surface area contributed by atoms with Crippen molar-refractivity contribution >= 4 is 11.6 Å². The molecule has 0 atom stereocenters. The summed E-state index contributed by atoms with van der Waals surface area (Å²) in [5.74, 6) is 0.285. The summed E-state index contributed by atoms with van der Waals surface area (Å²) in [6.07, 6.45) is 3.00. The van der Waals surface area contributed by atoms with Gasteiger partial charge in [0.1, 0.15) is 0 Å². The van der Waals surface area contributed by atoms with Crippen LogP contribution in [0.25, 0.3) is 0 Å². The van der Waals surface area contributed by atoms with Gasteiger partial charge in [0, 0.05) is 44.8 Å². The first-order chi connectivity index (χ1) is 10.7. The average molecular weight is 303 g/mol. The molecule has 1 aliphatic rings. The lowest BCUT2D eigenvalue weighted by Crippen LogP contribution is -2.49. The van der Waals surface area contributed by atoms with Crippen LogP contribution in [0.1, 0.15) is 31.7 Å². The van der Waals surface area contributed by atoms with Crippen molar-refractivity contribution in [2.45, 2.75) is 33.1 Å². The van der Waals surface area contributed by atoms with E-state index in [2.05, 4.69) is 48.3 Å². The second-order valence-electron chi connectivity index (χ2n) is 6.06. The first-order valence-electron chi connectivity index (χ1n) is 8.51. The summed E-state index contributed by atoms with van der Waals surface area (Å²) < 4.78 is 0. The Morgan fingerprint density at radius 1 is 1.18 bits per heavy atom. The zero-order valence-corrected chi connectivity index (χ0v) is 14.0. The number of nitrogens with zero attached hydrogens (tertiary/aromatic N) is 2. The number of benzene rings is 1. The molecule has 1 aromatic rings. The number of hydrogen-bond acceptors (Lipinski definition) is 3. The van der Waals surface area contributed by atoms with Crippen LogP contribution in [0.4, 0.5) is 5.69 Å². The summed E-state index contributed by atoms with van der Waals surface area (Å²) >= 11 is 0. The Morgan fingerprint density at radius 3 is 2.64 bits per heavy atom. The molecule has 0 bridgehead atoms. The van der Waals surface area contributed by atoms with Gasteiger partial charge >= 0.3 is 0 Å². The minimum atomic E-state index is 0.285. The monoisotopic (exact) mass is 303 g/mol. The number of anilines is 1. The van der Waals surface area contributed by atoms with E-state index in [0.29, 0.717) is 6.42 Å². The fraction of sp³-hybridized carbons (Fsp3) is 0.611. The highest BCUT2D eigenvalue weighted by Crippen LogP contribution is 2.17. The second-order valence-corrected chi connectivity index (χ2v) is 6.06. The van der Waals surface area contributed by atoms with Crippen LogP contribution in [0.3, 0.4) is 0 Å². The van der Waals surface area contributed by atoms with E-state index >= 15 is 0 Å². The first-order valence-corrected chi connectivity index (χ1v) is 8.51. The zero-order chi connectivity index (χ0) is 15.8. The van der Waals surface area contributed by atoms with E-state index in [1.807, 2.05) is 4.90 Å². The molecule has 2 rings (SSSR count). The summed E-state index contributed by atoms with van der Waals surface area (Å²) in [4.78, 5) is 16.6. The van der Waals surface area contributed by atoms with Gasteiger partial charge in [0.2, 0.25) is 5.91 Å². The number of rotatable bonds is 7. The van der Waals surface area contributed by atoms with Crippen molar-refractivity contribution < 1.29 is 4.79 Å². The Morgan fingerprint density at radius 2 is 1.95 bits per heavy atom. The van der Waals surface area contributed by atoms with E-state index in [4.69, 9.17) is 0 Å².